The molecular formula is C18H28N2O3S. The minimum atomic E-state index is -0.335. The van der Waals surface area contributed by atoms with E-state index in [9.17, 15) is 9.59 Å². The second-order valence-corrected chi connectivity index (χ2v) is 8.33. The van der Waals surface area contributed by atoms with Gasteiger partial charge in [0, 0.05) is 22.7 Å². The number of unbranched alkanes of at least 4 members (excludes halogenated alkanes) is 1. The van der Waals surface area contributed by atoms with Crippen LogP contribution in [0.2, 0.25) is 0 Å². The van der Waals surface area contributed by atoms with Crippen LogP contribution in [0.4, 0.5) is 10.5 Å². The Balaban J connectivity index is 2.35. The molecule has 24 heavy (non-hydrogen) atoms. The SMILES string of the molecule is CCCCOC(=O)c1ccc(NC(=O)NCCSC(C)(C)C)cc1. The van der Waals surface area contributed by atoms with E-state index in [0.29, 0.717) is 24.4 Å². The summed E-state index contributed by atoms with van der Waals surface area (Å²) in [5.41, 5.74) is 1.12. The number of amides is 2. The van der Waals surface area contributed by atoms with Crippen LogP contribution in [-0.2, 0) is 4.74 Å². The van der Waals surface area contributed by atoms with E-state index in [4.69, 9.17) is 4.74 Å². The standard InChI is InChI=1S/C18H28N2O3S/c1-5-6-12-23-16(21)14-7-9-15(10-8-14)20-17(22)19-11-13-24-18(2,3)4/h7-10H,5-6,11-13H2,1-4H3,(H2,19,20,22). The first-order chi connectivity index (χ1) is 11.3. The van der Waals surface area contributed by atoms with Crippen LogP contribution in [-0.4, -0.2) is 35.7 Å². The maximum absolute atomic E-state index is 11.8. The van der Waals surface area contributed by atoms with Crippen molar-refractivity contribution in [2.45, 2.75) is 45.3 Å². The normalized spacial score (nSPS) is 11.0. The number of thioether (sulfide) groups is 1. The molecule has 0 spiro atoms. The van der Waals surface area contributed by atoms with Crippen molar-refractivity contribution < 1.29 is 14.3 Å². The number of esters is 1. The zero-order valence-electron chi connectivity index (χ0n) is 15.0. The van der Waals surface area contributed by atoms with Crippen LogP contribution in [0.3, 0.4) is 0 Å². The number of hydrogen-bond donors (Lipinski definition) is 2. The van der Waals surface area contributed by atoms with E-state index in [0.717, 1.165) is 18.6 Å². The summed E-state index contributed by atoms with van der Waals surface area (Å²) in [5.74, 6) is 0.526. The summed E-state index contributed by atoms with van der Waals surface area (Å²) < 4.78 is 5.34. The van der Waals surface area contributed by atoms with Gasteiger partial charge in [0.2, 0.25) is 0 Å². The van der Waals surface area contributed by atoms with Crippen LogP contribution in [0.5, 0.6) is 0 Å². The van der Waals surface area contributed by atoms with Crippen LogP contribution in [0.25, 0.3) is 0 Å². The second-order valence-electron chi connectivity index (χ2n) is 6.41. The molecule has 0 heterocycles. The summed E-state index contributed by atoms with van der Waals surface area (Å²) in [6, 6.07) is 6.45. The van der Waals surface area contributed by atoms with Crippen LogP contribution >= 0.6 is 11.8 Å². The Kier molecular flexibility index (Phi) is 8.68. The largest absolute Gasteiger partial charge is 0.462 e. The van der Waals surface area contributed by atoms with E-state index in [1.165, 1.54) is 0 Å². The average Bonchev–Trinajstić information content (AvgIpc) is 2.51. The van der Waals surface area contributed by atoms with E-state index in [1.54, 1.807) is 36.0 Å². The van der Waals surface area contributed by atoms with Gasteiger partial charge in [-0.15, -0.1) is 0 Å². The summed E-state index contributed by atoms with van der Waals surface area (Å²) >= 11 is 1.80. The van der Waals surface area contributed by atoms with Gasteiger partial charge in [0.15, 0.2) is 0 Å². The molecule has 0 radical (unpaired) electrons. The van der Waals surface area contributed by atoms with E-state index >= 15 is 0 Å². The fourth-order valence-electron chi connectivity index (χ4n) is 1.78. The monoisotopic (exact) mass is 352 g/mol. The first-order valence-electron chi connectivity index (χ1n) is 8.28. The number of rotatable bonds is 8. The number of ether oxygens (including phenoxy) is 1. The highest BCUT2D eigenvalue weighted by Crippen LogP contribution is 2.22. The lowest BCUT2D eigenvalue weighted by Crippen LogP contribution is -2.31. The smallest absolute Gasteiger partial charge is 0.338 e. The number of nitrogens with one attached hydrogen (secondary N) is 2. The molecule has 1 aromatic rings. The quantitative estimate of drug-likeness (QED) is 0.541. The molecule has 5 nitrogen and oxygen atoms in total. The predicted octanol–water partition coefficient (Wildman–Crippen LogP) is 4.30. The number of carbonyl (C=O) groups is 2. The second kappa shape index (κ2) is 10.2. The fourth-order valence-corrected chi connectivity index (χ4v) is 2.60. The first kappa shape index (κ1) is 20.4. The molecule has 0 saturated heterocycles. The van der Waals surface area contributed by atoms with Crippen LogP contribution < -0.4 is 10.6 Å². The van der Waals surface area contributed by atoms with Crippen LogP contribution in [0.15, 0.2) is 24.3 Å². The third-order valence-corrected chi connectivity index (χ3v) is 4.31. The Morgan fingerprint density at radius 1 is 1.17 bits per heavy atom. The van der Waals surface area contributed by atoms with Crippen molar-refractivity contribution in [2.24, 2.45) is 0 Å². The first-order valence-corrected chi connectivity index (χ1v) is 9.26. The molecule has 0 unspecified atom stereocenters. The highest BCUT2D eigenvalue weighted by Gasteiger charge is 2.10. The fraction of sp³-hybridized carbons (Fsp3) is 0.556. The van der Waals surface area contributed by atoms with E-state index in [2.05, 4.69) is 31.4 Å². The summed E-state index contributed by atoms with van der Waals surface area (Å²) in [7, 11) is 0. The molecule has 0 aliphatic rings. The number of urea groups is 1. The Labute approximate surface area is 148 Å². The van der Waals surface area contributed by atoms with Gasteiger partial charge in [-0.1, -0.05) is 34.1 Å². The zero-order chi connectivity index (χ0) is 18.0. The van der Waals surface area contributed by atoms with Crippen molar-refractivity contribution in [3.8, 4) is 0 Å². The Morgan fingerprint density at radius 2 is 1.83 bits per heavy atom. The van der Waals surface area contributed by atoms with Gasteiger partial charge >= 0.3 is 12.0 Å². The molecule has 0 saturated carbocycles. The summed E-state index contributed by atoms with van der Waals surface area (Å²) in [6.07, 6.45) is 1.85. The van der Waals surface area contributed by atoms with Gasteiger partial charge in [0.05, 0.1) is 12.2 Å². The molecule has 2 amide bonds. The van der Waals surface area contributed by atoms with Gasteiger partial charge in [0.1, 0.15) is 0 Å². The molecule has 6 heteroatoms. The molecule has 0 aliphatic heterocycles. The predicted molar refractivity (Wildman–Crippen MR) is 101 cm³/mol. The average molecular weight is 353 g/mol. The van der Waals surface area contributed by atoms with E-state index < -0.39 is 0 Å². The third-order valence-electron chi connectivity index (χ3n) is 3.03. The van der Waals surface area contributed by atoms with Crippen molar-refractivity contribution in [3.05, 3.63) is 29.8 Å². The van der Waals surface area contributed by atoms with Gasteiger partial charge in [-0.3, -0.25) is 0 Å². The van der Waals surface area contributed by atoms with Crippen molar-refractivity contribution in [2.75, 3.05) is 24.2 Å². The molecule has 1 rings (SSSR count). The van der Waals surface area contributed by atoms with Crippen molar-refractivity contribution in [3.63, 3.8) is 0 Å². The highest BCUT2D eigenvalue weighted by molar-refractivity contribution is 8.00. The van der Waals surface area contributed by atoms with Crippen molar-refractivity contribution in [1.29, 1.82) is 0 Å². The minimum Gasteiger partial charge on any atom is -0.462 e. The maximum atomic E-state index is 11.8. The van der Waals surface area contributed by atoms with Crippen molar-refractivity contribution >= 4 is 29.4 Å². The van der Waals surface area contributed by atoms with Crippen LogP contribution in [0, 0.1) is 0 Å². The Bertz CT molecular complexity index is 524. The number of carbonyl (C=O) groups excluding carboxylic acids is 2. The molecular weight excluding hydrogens is 324 g/mol. The summed E-state index contributed by atoms with van der Waals surface area (Å²) in [6.45, 7) is 9.52. The molecule has 1 aromatic carbocycles. The molecule has 2 N–H and O–H groups in total. The number of benzene rings is 1. The van der Waals surface area contributed by atoms with E-state index in [1.807, 2.05) is 6.92 Å². The summed E-state index contributed by atoms with van der Waals surface area (Å²) in [4.78, 5) is 23.6. The molecule has 0 bridgehead atoms. The maximum Gasteiger partial charge on any atom is 0.338 e. The topological polar surface area (TPSA) is 67.4 Å². The molecule has 0 aliphatic carbocycles. The Morgan fingerprint density at radius 3 is 2.42 bits per heavy atom. The molecule has 0 fully saturated rings. The zero-order valence-corrected chi connectivity index (χ0v) is 15.8. The van der Waals surface area contributed by atoms with Gasteiger partial charge in [-0.2, -0.15) is 11.8 Å². The van der Waals surface area contributed by atoms with Gasteiger partial charge in [-0.25, -0.2) is 9.59 Å². The number of anilines is 1. The van der Waals surface area contributed by atoms with Gasteiger partial charge < -0.3 is 15.4 Å². The minimum absolute atomic E-state index is 0.194. The van der Waals surface area contributed by atoms with Gasteiger partial charge in [-0.05, 0) is 30.7 Å². The van der Waals surface area contributed by atoms with Crippen molar-refractivity contribution in [1.82, 2.24) is 5.32 Å². The lowest BCUT2D eigenvalue weighted by Gasteiger charge is -2.17. The lowest BCUT2D eigenvalue weighted by molar-refractivity contribution is 0.0500. The number of hydrogen-bond acceptors (Lipinski definition) is 4. The summed E-state index contributed by atoms with van der Waals surface area (Å²) in [5, 5.41) is 5.56. The lowest BCUT2D eigenvalue weighted by atomic mass is 10.2. The Hall–Kier alpha value is -1.69. The molecule has 0 aromatic heterocycles. The van der Waals surface area contributed by atoms with Gasteiger partial charge in [0.25, 0.3) is 0 Å². The third kappa shape index (κ3) is 8.82. The highest BCUT2D eigenvalue weighted by atomic mass is 32.2. The van der Waals surface area contributed by atoms with Crippen LogP contribution in [0.1, 0.15) is 50.9 Å². The van der Waals surface area contributed by atoms with E-state index in [-0.39, 0.29) is 16.7 Å². The molecule has 0 atom stereocenters. The molecule has 134 valence electrons.